The first-order valence-electron chi connectivity index (χ1n) is 8.93. The van der Waals surface area contributed by atoms with Crippen molar-refractivity contribution < 1.29 is 19.5 Å². The smallest absolute Gasteiger partial charge is 0.325 e. The van der Waals surface area contributed by atoms with Gasteiger partial charge in [0.1, 0.15) is 6.04 Å². The molecule has 0 saturated heterocycles. The molecule has 0 radical (unpaired) electrons. The van der Waals surface area contributed by atoms with Crippen molar-refractivity contribution in [3.05, 3.63) is 65.7 Å². The number of nitrogens with one attached hydrogen (secondary N) is 2. The van der Waals surface area contributed by atoms with Crippen LogP contribution in [-0.2, 0) is 15.0 Å². The second kappa shape index (κ2) is 7.61. The predicted molar refractivity (Wildman–Crippen MR) is 102 cm³/mol. The standard InChI is InChI=1S/C21H22N2O4/c1-14(19(25)26)22-18(24)15-8-10-17(11-9-15)23-20(27)21(12-5-13-21)16-6-3-2-4-7-16/h2-4,6-11,14H,5,12-13H2,1H3,(H,22,24)(H,23,27)(H,25,26). The number of carboxylic acids is 1. The molecule has 2 amide bonds. The Bertz CT molecular complexity index is 842. The van der Waals surface area contributed by atoms with Gasteiger partial charge < -0.3 is 15.7 Å². The lowest BCUT2D eigenvalue weighted by Crippen LogP contribution is -2.46. The summed E-state index contributed by atoms with van der Waals surface area (Å²) in [4.78, 5) is 35.8. The lowest BCUT2D eigenvalue weighted by molar-refractivity contribution is -0.138. The van der Waals surface area contributed by atoms with Crippen molar-refractivity contribution in [2.45, 2.75) is 37.6 Å². The fourth-order valence-corrected chi connectivity index (χ4v) is 3.23. The minimum Gasteiger partial charge on any atom is -0.480 e. The molecule has 1 fully saturated rings. The SMILES string of the molecule is CC(NC(=O)c1ccc(NC(=O)C2(c3ccccc3)CCC2)cc1)C(=O)O. The van der Waals surface area contributed by atoms with Crippen LogP contribution in [0.4, 0.5) is 5.69 Å². The van der Waals surface area contributed by atoms with E-state index in [4.69, 9.17) is 5.11 Å². The first-order valence-corrected chi connectivity index (χ1v) is 8.93. The molecule has 3 rings (SSSR count). The highest BCUT2D eigenvalue weighted by Crippen LogP contribution is 2.44. The maximum Gasteiger partial charge on any atom is 0.325 e. The van der Waals surface area contributed by atoms with Gasteiger partial charge in [0.05, 0.1) is 5.41 Å². The van der Waals surface area contributed by atoms with E-state index in [1.54, 1.807) is 24.3 Å². The number of aliphatic carboxylic acids is 1. The zero-order chi connectivity index (χ0) is 19.4. The highest BCUT2D eigenvalue weighted by molar-refractivity contribution is 6.01. The average Bonchev–Trinajstić information content (AvgIpc) is 2.62. The molecule has 0 bridgehead atoms. The lowest BCUT2D eigenvalue weighted by Gasteiger charge is -2.40. The Hall–Kier alpha value is -3.15. The molecule has 27 heavy (non-hydrogen) atoms. The van der Waals surface area contributed by atoms with Crippen molar-refractivity contribution in [3.8, 4) is 0 Å². The van der Waals surface area contributed by atoms with Crippen LogP contribution in [0.1, 0.15) is 42.1 Å². The Morgan fingerprint density at radius 3 is 2.15 bits per heavy atom. The van der Waals surface area contributed by atoms with Gasteiger partial charge in [-0.3, -0.25) is 14.4 Å². The topological polar surface area (TPSA) is 95.5 Å². The van der Waals surface area contributed by atoms with E-state index in [1.165, 1.54) is 6.92 Å². The highest BCUT2D eigenvalue weighted by Gasteiger charge is 2.45. The van der Waals surface area contributed by atoms with Crippen LogP contribution in [0, 0.1) is 0 Å². The summed E-state index contributed by atoms with van der Waals surface area (Å²) in [6.07, 6.45) is 2.65. The third-order valence-corrected chi connectivity index (χ3v) is 5.09. The first kappa shape index (κ1) is 18.6. The molecule has 140 valence electrons. The summed E-state index contributed by atoms with van der Waals surface area (Å²) in [5.74, 6) is -1.61. The number of hydrogen-bond acceptors (Lipinski definition) is 3. The van der Waals surface area contributed by atoms with Gasteiger partial charge in [-0.1, -0.05) is 36.8 Å². The van der Waals surface area contributed by atoms with Gasteiger partial charge in [0.25, 0.3) is 5.91 Å². The second-order valence-electron chi connectivity index (χ2n) is 6.87. The van der Waals surface area contributed by atoms with Crippen LogP contribution in [0.25, 0.3) is 0 Å². The number of amides is 2. The predicted octanol–water partition coefficient (Wildman–Crippen LogP) is 2.95. The van der Waals surface area contributed by atoms with E-state index in [1.807, 2.05) is 30.3 Å². The molecule has 0 aromatic heterocycles. The zero-order valence-electron chi connectivity index (χ0n) is 15.1. The molecule has 2 aromatic carbocycles. The van der Waals surface area contributed by atoms with Gasteiger partial charge in [-0.25, -0.2) is 0 Å². The van der Waals surface area contributed by atoms with Crippen LogP contribution >= 0.6 is 0 Å². The van der Waals surface area contributed by atoms with Crippen molar-refractivity contribution >= 4 is 23.5 Å². The molecule has 0 spiro atoms. The number of carbonyl (C=O) groups excluding carboxylic acids is 2. The Labute approximate surface area is 157 Å². The molecule has 0 aliphatic heterocycles. The quantitative estimate of drug-likeness (QED) is 0.732. The summed E-state index contributed by atoms with van der Waals surface area (Å²) in [6.45, 7) is 1.40. The zero-order valence-corrected chi connectivity index (χ0v) is 15.1. The van der Waals surface area contributed by atoms with Gasteiger partial charge in [0.15, 0.2) is 0 Å². The number of benzene rings is 2. The lowest BCUT2D eigenvalue weighted by atomic mass is 9.64. The summed E-state index contributed by atoms with van der Waals surface area (Å²) in [6, 6.07) is 15.2. The maximum absolute atomic E-state index is 12.9. The third kappa shape index (κ3) is 3.84. The van der Waals surface area contributed by atoms with Crippen molar-refractivity contribution in [2.24, 2.45) is 0 Å². The Balaban J connectivity index is 1.68. The average molecular weight is 366 g/mol. The number of carbonyl (C=O) groups is 3. The molecule has 6 nitrogen and oxygen atoms in total. The molecule has 3 N–H and O–H groups in total. The summed E-state index contributed by atoms with van der Waals surface area (Å²) >= 11 is 0. The van der Waals surface area contributed by atoms with Crippen LogP contribution < -0.4 is 10.6 Å². The van der Waals surface area contributed by atoms with E-state index in [-0.39, 0.29) is 5.91 Å². The molecular weight excluding hydrogens is 344 g/mol. The van der Waals surface area contributed by atoms with Crippen molar-refractivity contribution in [1.29, 1.82) is 0 Å². The minimum atomic E-state index is -1.10. The molecular formula is C21H22N2O4. The molecule has 6 heteroatoms. The minimum absolute atomic E-state index is 0.0448. The van der Waals surface area contributed by atoms with Gasteiger partial charge in [0, 0.05) is 11.3 Å². The second-order valence-corrected chi connectivity index (χ2v) is 6.87. The Morgan fingerprint density at radius 2 is 1.63 bits per heavy atom. The molecule has 1 saturated carbocycles. The van der Waals surface area contributed by atoms with Crippen LogP contribution in [0.2, 0.25) is 0 Å². The molecule has 1 aliphatic carbocycles. The normalized spacial score (nSPS) is 15.9. The first-order chi connectivity index (χ1) is 12.9. The Kier molecular flexibility index (Phi) is 5.26. The van der Waals surface area contributed by atoms with E-state index in [9.17, 15) is 14.4 Å². The Morgan fingerprint density at radius 1 is 1.00 bits per heavy atom. The summed E-state index contributed by atoms with van der Waals surface area (Å²) in [5.41, 5.74) is 1.47. The number of rotatable bonds is 6. The van der Waals surface area contributed by atoms with Crippen LogP contribution in [-0.4, -0.2) is 28.9 Å². The van der Waals surface area contributed by atoms with E-state index >= 15 is 0 Å². The third-order valence-electron chi connectivity index (χ3n) is 5.09. The molecule has 1 atom stereocenters. The van der Waals surface area contributed by atoms with Crippen molar-refractivity contribution in [2.75, 3.05) is 5.32 Å². The summed E-state index contributed by atoms with van der Waals surface area (Å²) in [7, 11) is 0. The molecule has 0 heterocycles. The van der Waals surface area contributed by atoms with Gasteiger partial charge in [0.2, 0.25) is 5.91 Å². The number of carboxylic acid groups (broad SMARTS) is 1. The molecule has 1 aliphatic rings. The van der Waals surface area contributed by atoms with Gasteiger partial charge in [-0.2, -0.15) is 0 Å². The summed E-state index contributed by atoms with van der Waals surface area (Å²) in [5, 5.41) is 14.2. The van der Waals surface area contributed by atoms with Crippen molar-refractivity contribution in [3.63, 3.8) is 0 Å². The highest BCUT2D eigenvalue weighted by atomic mass is 16.4. The largest absolute Gasteiger partial charge is 0.480 e. The fraction of sp³-hybridized carbons (Fsp3) is 0.286. The van der Waals surface area contributed by atoms with Crippen LogP contribution in [0.15, 0.2) is 54.6 Å². The number of anilines is 1. The number of hydrogen-bond donors (Lipinski definition) is 3. The van der Waals surface area contributed by atoms with E-state index in [0.29, 0.717) is 11.3 Å². The maximum atomic E-state index is 12.9. The van der Waals surface area contributed by atoms with E-state index < -0.39 is 23.3 Å². The molecule has 1 unspecified atom stereocenters. The fourth-order valence-electron chi connectivity index (χ4n) is 3.23. The van der Waals surface area contributed by atoms with Gasteiger partial charge in [-0.15, -0.1) is 0 Å². The van der Waals surface area contributed by atoms with Crippen LogP contribution in [0.5, 0.6) is 0 Å². The van der Waals surface area contributed by atoms with Crippen LogP contribution in [0.3, 0.4) is 0 Å². The van der Waals surface area contributed by atoms with E-state index in [2.05, 4.69) is 10.6 Å². The van der Waals surface area contributed by atoms with E-state index in [0.717, 1.165) is 24.8 Å². The van der Waals surface area contributed by atoms with Crippen molar-refractivity contribution in [1.82, 2.24) is 5.32 Å². The van der Waals surface area contributed by atoms with Gasteiger partial charge in [-0.05, 0) is 49.6 Å². The van der Waals surface area contributed by atoms with Gasteiger partial charge >= 0.3 is 5.97 Å². The summed E-state index contributed by atoms with van der Waals surface area (Å²) < 4.78 is 0. The molecule has 2 aromatic rings. The monoisotopic (exact) mass is 366 g/mol.